The number of hydrogen-bond acceptors (Lipinski definition) is 5. The number of nitrogens with zero attached hydrogens (tertiary/aromatic N) is 1. The quantitative estimate of drug-likeness (QED) is 0.810. The molecule has 96 valence electrons. The summed E-state index contributed by atoms with van der Waals surface area (Å²) >= 11 is 1.15. The number of nitrogens with two attached hydrogens (primary N) is 1. The predicted octanol–water partition coefficient (Wildman–Crippen LogP) is 1.39. The summed E-state index contributed by atoms with van der Waals surface area (Å²) in [5.41, 5.74) is 7.15. The van der Waals surface area contributed by atoms with Crippen molar-refractivity contribution in [2.45, 2.75) is 19.1 Å². The first-order chi connectivity index (χ1) is 7.79. The lowest BCUT2D eigenvalue weighted by Gasteiger charge is -2.06. The van der Waals surface area contributed by atoms with Crippen LogP contribution in [0.3, 0.4) is 0 Å². The van der Waals surface area contributed by atoms with Crippen LogP contribution in [0.2, 0.25) is 0 Å². The third-order valence-electron chi connectivity index (χ3n) is 1.54. The zero-order valence-corrected chi connectivity index (χ0v) is 9.56. The molecule has 17 heavy (non-hydrogen) atoms. The second-order valence-electron chi connectivity index (χ2n) is 3.19. The number of alkyl halides is 3. The third-order valence-corrected chi connectivity index (χ3v) is 2.59. The molecule has 3 N–H and O–H groups in total. The molecule has 0 aliphatic rings. The SMILES string of the molecule is CC(N)c1nc(C(=O)NOCC(F)(F)F)cs1. The average Bonchev–Trinajstić information content (AvgIpc) is 2.63. The number of hydrogen-bond donors (Lipinski definition) is 2. The van der Waals surface area contributed by atoms with Crippen LogP contribution in [0.5, 0.6) is 0 Å². The number of nitrogens with one attached hydrogen (secondary N) is 1. The highest BCUT2D eigenvalue weighted by Gasteiger charge is 2.28. The molecule has 1 amide bonds. The van der Waals surface area contributed by atoms with E-state index in [4.69, 9.17) is 5.73 Å². The molecule has 9 heteroatoms. The molecule has 1 atom stereocenters. The predicted molar refractivity (Wildman–Crippen MR) is 54.2 cm³/mol. The molecule has 0 aliphatic heterocycles. The molecule has 0 fully saturated rings. The number of thiazole rings is 1. The van der Waals surface area contributed by atoms with Crippen molar-refractivity contribution in [3.05, 3.63) is 16.1 Å². The number of carbonyl (C=O) groups is 1. The van der Waals surface area contributed by atoms with E-state index in [2.05, 4.69) is 9.82 Å². The molecule has 0 spiro atoms. The molecule has 1 rings (SSSR count). The molecule has 1 unspecified atom stereocenters. The van der Waals surface area contributed by atoms with Gasteiger partial charge in [0, 0.05) is 5.38 Å². The minimum atomic E-state index is -4.49. The Morgan fingerprint density at radius 2 is 2.35 bits per heavy atom. The van der Waals surface area contributed by atoms with Crippen LogP contribution >= 0.6 is 11.3 Å². The van der Waals surface area contributed by atoms with E-state index in [0.29, 0.717) is 5.01 Å². The van der Waals surface area contributed by atoms with E-state index in [1.807, 2.05) is 0 Å². The summed E-state index contributed by atoms with van der Waals surface area (Å²) in [5.74, 6) is -0.836. The highest BCUT2D eigenvalue weighted by atomic mass is 32.1. The lowest BCUT2D eigenvalue weighted by atomic mass is 10.4. The Balaban J connectivity index is 2.47. The molecule has 0 saturated heterocycles. The summed E-state index contributed by atoms with van der Waals surface area (Å²) in [4.78, 5) is 19.1. The average molecular weight is 269 g/mol. The number of halogens is 3. The first-order valence-corrected chi connectivity index (χ1v) is 5.37. The summed E-state index contributed by atoms with van der Waals surface area (Å²) in [5, 5.41) is 1.91. The first kappa shape index (κ1) is 13.9. The Bertz CT molecular complexity index is 392. The van der Waals surface area contributed by atoms with Gasteiger partial charge in [-0.2, -0.15) is 13.2 Å². The number of aromatic nitrogens is 1. The molecule has 5 nitrogen and oxygen atoms in total. The lowest BCUT2D eigenvalue weighted by molar-refractivity contribution is -0.184. The first-order valence-electron chi connectivity index (χ1n) is 4.49. The molecular formula is C8H10F3N3O2S. The maximum atomic E-state index is 11.7. The van der Waals surface area contributed by atoms with Crippen LogP contribution < -0.4 is 11.2 Å². The summed E-state index contributed by atoms with van der Waals surface area (Å²) < 4.78 is 35.1. The van der Waals surface area contributed by atoms with E-state index in [0.717, 1.165) is 11.3 Å². The summed E-state index contributed by atoms with van der Waals surface area (Å²) in [6, 6.07) is -0.336. The van der Waals surface area contributed by atoms with E-state index in [1.54, 1.807) is 12.4 Å². The topological polar surface area (TPSA) is 77.2 Å². The van der Waals surface area contributed by atoms with Crippen molar-refractivity contribution in [2.75, 3.05) is 6.61 Å². The van der Waals surface area contributed by atoms with Crippen LogP contribution in [0.15, 0.2) is 5.38 Å². The molecule has 0 radical (unpaired) electrons. The van der Waals surface area contributed by atoms with Gasteiger partial charge in [0.25, 0.3) is 5.91 Å². The van der Waals surface area contributed by atoms with Gasteiger partial charge < -0.3 is 5.73 Å². The van der Waals surface area contributed by atoms with Gasteiger partial charge in [0.05, 0.1) is 6.04 Å². The summed E-state index contributed by atoms with van der Waals surface area (Å²) in [6.07, 6.45) is -4.49. The molecule has 0 bridgehead atoms. The molecule has 0 aromatic carbocycles. The van der Waals surface area contributed by atoms with Gasteiger partial charge in [-0.25, -0.2) is 10.5 Å². The minimum Gasteiger partial charge on any atom is -0.322 e. The number of hydroxylamine groups is 1. The molecule has 0 saturated carbocycles. The second-order valence-corrected chi connectivity index (χ2v) is 4.08. The van der Waals surface area contributed by atoms with Crippen LogP contribution in [0, 0.1) is 0 Å². The Morgan fingerprint density at radius 3 is 2.82 bits per heavy atom. The number of amides is 1. The zero-order chi connectivity index (χ0) is 13.1. The second kappa shape index (κ2) is 5.43. The molecule has 1 aromatic rings. The zero-order valence-electron chi connectivity index (χ0n) is 8.75. The minimum absolute atomic E-state index is 0.0236. The smallest absolute Gasteiger partial charge is 0.322 e. The highest BCUT2D eigenvalue weighted by molar-refractivity contribution is 7.09. The Morgan fingerprint density at radius 1 is 1.71 bits per heavy atom. The van der Waals surface area contributed by atoms with Crippen molar-refractivity contribution in [3.63, 3.8) is 0 Å². The van der Waals surface area contributed by atoms with Gasteiger partial charge in [-0.3, -0.25) is 9.63 Å². The van der Waals surface area contributed by atoms with E-state index in [1.165, 1.54) is 5.38 Å². The maximum Gasteiger partial charge on any atom is 0.414 e. The molecule has 0 aliphatic carbocycles. The molecule has 1 heterocycles. The van der Waals surface area contributed by atoms with Crippen molar-refractivity contribution >= 4 is 17.2 Å². The van der Waals surface area contributed by atoms with Crippen LogP contribution in [-0.2, 0) is 4.84 Å². The van der Waals surface area contributed by atoms with Crippen molar-refractivity contribution in [1.82, 2.24) is 10.5 Å². The fraction of sp³-hybridized carbons (Fsp3) is 0.500. The summed E-state index contributed by atoms with van der Waals surface area (Å²) in [6.45, 7) is 0.129. The fourth-order valence-corrected chi connectivity index (χ4v) is 1.59. The standard InChI is InChI=1S/C8H10F3N3O2S/c1-4(12)7-13-5(2-17-7)6(15)14-16-3-8(9,10)11/h2,4H,3,12H2,1H3,(H,14,15). The number of carbonyl (C=O) groups excluding carboxylic acids is 1. The van der Waals surface area contributed by atoms with Crippen LogP contribution in [0.1, 0.15) is 28.5 Å². The van der Waals surface area contributed by atoms with Crippen molar-refractivity contribution < 1.29 is 22.8 Å². The number of rotatable bonds is 4. The Hall–Kier alpha value is -1.19. The molecular weight excluding hydrogens is 259 g/mol. The summed E-state index contributed by atoms with van der Waals surface area (Å²) in [7, 11) is 0. The monoisotopic (exact) mass is 269 g/mol. The molecule has 1 aromatic heterocycles. The van der Waals surface area contributed by atoms with Gasteiger partial charge in [-0.05, 0) is 6.92 Å². The van der Waals surface area contributed by atoms with E-state index >= 15 is 0 Å². The van der Waals surface area contributed by atoms with Crippen molar-refractivity contribution in [2.24, 2.45) is 5.73 Å². The van der Waals surface area contributed by atoms with Gasteiger partial charge in [-0.1, -0.05) is 0 Å². The van der Waals surface area contributed by atoms with E-state index < -0.39 is 18.7 Å². The Kier molecular flexibility index (Phi) is 4.43. The lowest BCUT2D eigenvalue weighted by Crippen LogP contribution is -2.29. The van der Waals surface area contributed by atoms with Gasteiger partial charge >= 0.3 is 6.18 Å². The van der Waals surface area contributed by atoms with Crippen LogP contribution in [0.25, 0.3) is 0 Å². The van der Waals surface area contributed by atoms with Gasteiger partial charge in [0.1, 0.15) is 10.7 Å². The maximum absolute atomic E-state index is 11.7. The Labute approximate surface area is 98.7 Å². The largest absolute Gasteiger partial charge is 0.414 e. The third kappa shape index (κ3) is 4.67. The van der Waals surface area contributed by atoms with E-state index in [-0.39, 0.29) is 11.7 Å². The fourth-order valence-electron chi connectivity index (χ4n) is 0.837. The van der Waals surface area contributed by atoms with Crippen LogP contribution in [0.4, 0.5) is 13.2 Å². The van der Waals surface area contributed by atoms with Gasteiger partial charge in [-0.15, -0.1) is 11.3 Å². The normalized spacial score (nSPS) is 13.5. The van der Waals surface area contributed by atoms with Gasteiger partial charge in [0.2, 0.25) is 0 Å². The van der Waals surface area contributed by atoms with Crippen LogP contribution in [-0.4, -0.2) is 23.7 Å². The van der Waals surface area contributed by atoms with Crippen molar-refractivity contribution in [1.29, 1.82) is 0 Å². The highest BCUT2D eigenvalue weighted by Crippen LogP contribution is 2.16. The van der Waals surface area contributed by atoms with E-state index in [9.17, 15) is 18.0 Å². The van der Waals surface area contributed by atoms with Gasteiger partial charge in [0.15, 0.2) is 6.61 Å². The van der Waals surface area contributed by atoms with Crippen molar-refractivity contribution in [3.8, 4) is 0 Å².